The van der Waals surface area contributed by atoms with Gasteiger partial charge in [-0.15, -0.1) is 0 Å². The second-order valence-corrected chi connectivity index (χ2v) is 7.21. The van der Waals surface area contributed by atoms with Crippen LogP contribution < -0.4 is 10.5 Å². The van der Waals surface area contributed by atoms with E-state index < -0.39 is 10.0 Å². The Balaban J connectivity index is 1.91. The summed E-state index contributed by atoms with van der Waals surface area (Å²) in [5, 5.41) is 0.343. The molecule has 1 aromatic carbocycles. The zero-order chi connectivity index (χ0) is 14.8. The summed E-state index contributed by atoms with van der Waals surface area (Å²) < 4.78 is 32.0. The molecule has 0 heterocycles. The van der Waals surface area contributed by atoms with Crippen molar-refractivity contribution in [2.75, 3.05) is 25.5 Å². The molecule has 0 amide bonds. The number of benzene rings is 1. The third kappa shape index (κ3) is 4.09. The van der Waals surface area contributed by atoms with Crippen LogP contribution in [0.15, 0.2) is 17.0 Å². The molecule has 112 valence electrons. The Labute approximate surface area is 124 Å². The van der Waals surface area contributed by atoms with Crippen LogP contribution >= 0.6 is 11.6 Å². The molecule has 3 N–H and O–H groups in total. The van der Waals surface area contributed by atoms with Crippen molar-refractivity contribution >= 4 is 27.3 Å². The zero-order valence-electron chi connectivity index (χ0n) is 11.4. The summed E-state index contributed by atoms with van der Waals surface area (Å²) in [7, 11) is -3.60. The van der Waals surface area contributed by atoms with Crippen LogP contribution in [0, 0.1) is 12.8 Å². The van der Waals surface area contributed by atoms with Gasteiger partial charge in [-0.05, 0) is 43.4 Å². The Bertz CT molecular complexity index is 562. The molecule has 1 fully saturated rings. The van der Waals surface area contributed by atoms with Gasteiger partial charge in [0.15, 0.2) is 0 Å². The van der Waals surface area contributed by atoms with Gasteiger partial charge >= 0.3 is 0 Å². The average molecular weight is 319 g/mol. The fourth-order valence-electron chi connectivity index (χ4n) is 1.70. The van der Waals surface area contributed by atoms with Crippen LogP contribution in [0.2, 0.25) is 5.02 Å². The van der Waals surface area contributed by atoms with Crippen molar-refractivity contribution in [1.29, 1.82) is 0 Å². The number of nitrogens with one attached hydrogen (secondary N) is 1. The SMILES string of the molecule is Cc1c(N)cc(S(=O)(=O)NCCOCC2CC2)cc1Cl. The predicted octanol–water partition coefficient (Wildman–Crippen LogP) is 1.94. The largest absolute Gasteiger partial charge is 0.398 e. The van der Waals surface area contributed by atoms with E-state index in [0.717, 1.165) is 0 Å². The molecule has 0 aliphatic heterocycles. The van der Waals surface area contributed by atoms with E-state index in [2.05, 4.69) is 4.72 Å². The molecule has 1 saturated carbocycles. The van der Waals surface area contributed by atoms with Gasteiger partial charge in [0.05, 0.1) is 11.5 Å². The lowest BCUT2D eigenvalue weighted by Gasteiger charge is -2.10. The molecule has 2 rings (SSSR count). The van der Waals surface area contributed by atoms with Gasteiger partial charge < -0.3 is 10.5 Å². The topological polar surface area (TPSA) is 81.4 Å². The number of ether oxygens (including phenoxy) is 1. The Morgan fingerprint density at radius 2 is 2.15 bits per heavy atom. The van der Waals surface area contributed by atoms with E-state index in [9.17, 15) is 8.42 Å². The number of nitrogen functional groups attached to an aromatic ring is 1. The van der Waals surface area contributed by atoms with Crippen molar-refractivity contribution in [1.82, 2.24) is 4.72 Å². The third-order valence-corrected chi connectivity index (χ3v) is 5.09. The van der Waals surface area contributed by atoms with E-state index in [1.54, 1.807) is 6.92 Å². The molecular weight excluding hydrogens is 300 g/mol. The first-order valence-electron chi connectivity index (χ1n) is 6.53. The van der Waals surface area contributed by atoms with Gasteiger partial charge in [-0.2, -0.15) is 0 Å². The van der Waals surface area contributed by atoms with Gasteiger partial charge in [0.2, 0.25) is 10.0 Å². The quantitative estimate of drug-likeness (QED) is 0.594. The fraction of sp³-hybridized carbons (Fsp3) is 0.538. The van der Waals surface area contributed by atoms with E-state index in [1.807, 2.05) is 0 Å². The summed E-state index contributed by atoms with van der Waals surface area (Å²) in [6.07, 6.45) is 2.43. The van der Waals surface area contributed by atoms with Crippen LogP contribution in [-0.2, 0) is 14.8 Å². The Hall–Kier alpha value is -0.820. The van der Waals surface area contributed by atoms with Crippen molar-refractivity contribution in [3.05, 3.63) is 22.7 Å². The maximum atomic E-state index is 12.1. The van der Waals surface area contributed by atoms with Crippen molar-refractivity contribution in [3.63, 3.8) is 0 Å². The molecule has 0 atom stereocenters. The molecule has 0 spiro atoms. The summed E-state index contributed by atoms with van der Waals surface area (Å²) in [5.41, 5.74) is 6.78. The van der Waals surface area contributed by atoms with Gasteiger partial charge in [0.25, 0.3) is 0 Å². The minimum atomic E-state index is -3.60. The van der Waals surface area contributed by atoms with Crippen LogP contribution in [0.5, 0.6) is 0 Å². The lowest BCUT2D eigenvalue weighted by Crippen LogP contribution is -2.27. The van der Waals surface area contributed by atoms with Gasteiger partial charge in [-0.3, -0.25) is 0 Å². The Morgan fingerprint density at radius 1 is 1.45 bits per heavy atom. The predicted molar refractivity (Wildman–Crippen MR) is 79.3 cm³/mol. The zero-order valence-corrected chi connectivity index (χ0v) is 12.9. The maximum Gasteiger partial charge on any atom is 0.240 e. The monoisotopic (exact) mass is 318 g/mol. The number of hydrogen-bond acceptors (Lipinski definition) is 4. The Kier molecular flexibility index (Phi) is 4.90. The smallest absolute Gasteiger partial charge is 0.240 e. The maximum absolute atomic E-state index is 12.1. The second kappa shape index (κ2) is 6.30. The van der Waals surface area contributed by atoms with Gasteiger partial charge in [0, 0.05) is 23.9 Å². The average Bonchev–Trinajstić information content (AvgIpc) is 3.19. The molecule has 1 aliphatic rings. The summed E-state index contributed by atoms with van der Waals surface area (Å²) in [5.74, 6) is 0.669. The molecule has 0 aromatic heterocycles. The number of rotatable bonds is 7. The summed E-state index contributed by atoms with van der Waals surface area (Å²) >= 11 is 5.95. The lowest BCUT2D eigenvalue weighted by atomic mass is 10.2. The molecule has 0 radical (unpaired) electrons. The molecule has 0 unspecified atom stereocenters. The van der Waals surface area contributed by atoms with Crippen LogP contribution in [0.1, 0.15) is 18.4 Å². The molecular formula is C13H19ClN2O3S. The highest BCUT2D eigenvalue weighted by Gasteiger charge is 2.21. The molecule has 1 aliphatic carbocycles. The molecule has 5 nitrogen and oxygen atoms in total. The Morgan fingerprint density at radius 3 is 2.75 bits per heavy atom. The lowest BCUT2D eigenvalue weighted by molar-refractivity contribution is 0.129. The van der Waals surface area contributed by atoms with E-state index in [-0.39, 0.29) is 11.4 Å². The van der Waals surface area contributed by atoms with E-state index in [4.69, 9.17) is 22.1 Å². The summed E-state index contributed by atoms with van der Waals surface area (Å²) in [6.45, 7) is 3.06. The van der Waals surface area contributed by atoms with E-state index in [0.29, 0.717) is 35.4 Å². The normalized spacial score (nSPS) is 15.5. The molecule has 0 saturated heterocycles. The summed E-state index contributed by atoms with van der Waals surface area (Å²) in [6, 6.07) is 2.81. The first-order chi connectivity index (χ1) is 9.40. The molecule has 0 bridgehead atoms. The number of sulfonamides is 1. The van der Waals surface area contributed by atoms with Crippen molar-refractivity contribution in [3.8, 4) is 0 Å². The van der Waals surface area contributed by atoms with Crippen LogP contribution in [0.3, 0.4) is 0 Å². The molecule has 20 heavy (non-hydrogen) atoms. The van der Waals surface area contributed by atoms with Gasteiger partial charge in [-0.25, -0.2) is 13.1 Å². The standard InChI is InChI=1S/C13H19ClN2O3S/c1-9-12(14)6-11(7-13(9)15)20(17,18)16-4-5-19-8-10-2-3-10/h6-7,10,16H,2-5,8,15H2,1H3. The fourth-order valence-corrected chi connectivity index (χ4v) is 3.06. The highest BCUT2D eigenvalue weighted by Crippen LogP contribution is 2.28. The first-order valence-corrected chi connectivity index (χ1v) is 8.39. The van der Waals surface area contributed by atoms with Crippen molar-refractivity contribution in [2.24, 2.45) is 5.92 Å². The number of hydrogen-bond donors (Lipinski definition) is 2. The minimum absolute atomic E-state index is 0.0767. The van der Waals surface area contributed by atoms with Crippen molar-refractivity contribution in [2.45, 2.75) is 24.7 Å². The van der Waals surface area contributed by atoms with Crippen molar-refractivity contribution < 1.29 is 13.2 Å². The molecule has 1 aromatic rings. The third-order valence-electron chi connectivity index (χ3n) is 3.26. The number of nitrogens with two attached hydrogens (primary N) is 1. The minimum Gasteiger partial charge on any atom is -0.398 e. The second-order valence-electron chi connectivity index (χ2n) is 5.04. The van der Waals surface area contributed by atoms with Gasteiger partial charge in [-0.1, -0.05) is 11.6 Å². The van der Waals surface area contributed by atoms with Crippen LogP contribution in [0.4, 0.5) is 5.69 Å². The van der Waals surface area contributed by atoms with E-state index in [1.165, 1.54) is 25.0 Å². The summed E-state index contributed by atoms with van der Waals surface area (Å²) in [4.78, 5) is 0.0767. The first kappa shape index (κ1) is 15.6. The number of anilines is 1. The number of halogens is 1. The highest BCUT2D eigenvalue weighted by atomic mass is 35.5. The molecule has 7 heteroatoms. The van der Waals surface area contributed by atoms with E-state index >= 15 is 0 Å². The van der Waals surface area contributed by atoms with Gasteiger partial charge in [0.1, 0.15) is 0 Å². The highest BCUT2D eigenvalue weighted by molar-refractivity contribution is 7.89. The van der Waals surface area contributed by atoms with Crippen LogP contribution in [-0.4, -0.2) is 28.2 Å². The van der Waals surface area contributed by atoms with Crippen LogP contribution in [0.25, 0.3) is 0 Å².